The van der Waals surface area contributed by atoms with Gasteiger partial charge in [-0.25, -0.2) is 4.79 Å². The zero-order chi connectivity index (χ0) is 20.4. The van der Waals surface area contributed by atoms with Crippen LogP contribution in [0.5, 0.6) is 17.2 Å². The number of hydrogen-bond donors (Lipinski definition) is 1. The van der Waals surface area contributed by atoms with Crippen molar-refractivity contribution in [1.82, 2.24) is 10.2 Å². The lowest BCUT2D eigenvalue weighted by Crippen LogP contribution is -1.99. The summed E-state index contributed by atoms with van der Waals surface area (Å²) in [6.45, 7) is 0. The first-order chi connectivity index (χ1) is 14.1. The second-order valence-corrected chi connectivity index (χ2v) is 6.93. The fourth-order valence-corrected chi connectivity index (χ4v) is 3.59. The number of rotatable bonds is 6. The van der Waals surface area contributed by atoms with Crippen LogP contribution in [0.25, 0.3) is 22.4 Å². The van der Waals surface area contributed by atoms with Gasteiger partial charge in [-0.2, -0.15) is 0 Å². The highest BCUT2D eigenvalue weighted by Gasteiger charge is 2.14. The summed E-state index contributed by atoms with van der Waals surface area (Å²) >= 11 is 1.30. The van der Waals surface area contributed by atoms with Gasteiger partial charge in [-0.3, -0.25) is 0 Å². The summed E-state index contributed by atoms with van der Waals surface area (Å²) < 4.78 is 21.4. The van der Waals surface area contributed by atoms with E-state index in [0.29, 0.717) is 39.5 Å². The minimum absolute atomic E-state index is 0.0296. The molecule has 148 valence electrons. The second kappa shape index (κ2) is 7.88. The van der Waals surface area contributed by atoms with E-state index >= 15 is 0 Å². The molecule has 0 radical (unpaired) electrons. The fourth-order valence-electron chi connectivity index (χ4n) is 2.83. The standard InChI is InChI=1S/C20H16N2O6S/c1-25-15-6-3-11(7-17(15)26-2)19-21-22-20(28-19)29-10-12-8-18(24)27-16-9-13(23)4-5-14(12)16/h3-9,23H,10H2,1-2H3. The van der Waals surface area contributed by atoms with Crippen molar-refractivity contribution in [3.8, 4) is 28.7 Å². The molecule has 4 rings (SSSR count). The predicted molar refractivity (Wildman–Crippen MR) is 107 cm³/mol. The smallest absolute Gasteiger partial charge is 0.336 e. The van der Waals surface area contributed by atoms with Gasteiger partial charge in [0.2, 0.25) is 5.89 Å². The third-order valence-corrected chi connectivity index (χ3v) is 5.07. The average molecular weight is 412 g/mol. The number of phenols is 1. The summed E-state index contributed by atoms with van der Waals surface area (Å²) in [4.78, 5) is 11.8. The lowest BCUT2D eigenvalue weighted by molar-refractivity contribution is 0.355. The molecule has 0 aliphatic carbocycles. The lowest BCUT2D eigenvalue weighted by Gasteiger charge is -2.07. The first-order valence-electron chi connectivity index (χ1n) is 8.52. The molecule has 0 amide bonds. The highest BCUT2D eigenvalue weighted by atomic mass is 32.2. The Kier molecular flexibility index (Phi) is 5.13. The third-order valence-electron chi connectivity index (χ3n) is 4.20. The van der Waals surface area contributed by atoms with Gasteiger partial charge < -0.3 is 23.4 Å². The number of ether oxygens (including phenoxy) is 2. The monoisotopic (exact) mass is 412 g/mol. The van der Waals surface area contributed by atoms with Gasteiger partial charge in [-0.05, 0) is 35.9 Å². The van der Waals surface area contributed by atoms with E-state index in [1.165, 1.54) is 23.9 Å². The van der Waals surface area contributed by atoms with Crippen molar-refractivity contribution in [3.63, 3.8) is 0 Å². The highest BCUT2D eigenvalue weighted by Crippen LogP contribution is 2.33. The van der Waals surface area contributed by atoms with Crippen LogP contribution in [-0.2, 0) is 5.75 Å². The maximum atomic E-state index is 11.8. The van der Waals surface area contributed by atoms with Crippen LogP contribution < -0.4 is 15.1 Å². The number of thioether (sulfide) groups is 1. The Labute approximate surface area is 169 Å². The molecule has 4 aromatic rings. The molecule has 2 heterocycles. The lowest BCUT2D eigenvalue weighted by atomic mass is 10.1. The minimum Gasteiger partial charge on any atom is -0.508 e. The van der Waals surface area contributed by atoms with Crippen LogP contribution in [-0.4, -0.2) is 29.5 Å². The van der Waals surface area contributed by atoms with E-state index < -0.39 is 5.63 Å². The number of phenolic OH excluding ortho intramolecular Hbond substituents is 1. The number of methoxy groups -OCH3 is 2. The van der Waals surface area contributed by atoms with Crippen molar-refractivity contribution in [2.75, 3.05) is 14.2 Å². The molecule has 0 saturated carbocycles. The van der Waals surface area contributed by atoms with Crippen molar-refractivity contribution < 1.29 is 23.4 Å². The van der Waals surface area contributed by atoms with Crippen LogP contribution in [0.2, 0.25) is 0 Å². The van der Waals surface area contributed by atoms with Crippen molar-refractivity contribution in [3.05, 3.63) is 58.4 Å². The molecule has 0 unspecified atom stereocenters. The molecule has 0 spiro atoms. The van der Waals surface area contributed by atoms with E-state index in [1.807, 2.05) is 0 Å². The molecular formula is C20H16N2O6S. The van der Waals surface area contributed by atoms with Crippen molar-refractivity contribution in [2.45, 2.75) is 11.0 Å². The Balaban J connectivity index is 1.56. The molecule has 0 bridgehead atoms. The van der Waals surface area contributed by atoms with E-state index in [2.05, 4.69) is 10.2 Å². The van der Waals surface area contributed by atoms with Crippen molar-refractivity contribution in [1.29, 1.82) is 0 Å². The van der Waals surface area contributed by atoms with Crippen molar-refractivity contribution >= 4 is 22.7 Å². The van der Waals surface area contributed by atoms with Crippen LogP contribution in [0.15, 0.2) is 61.3 Å². The van der Waals surface area contributed by atoms with Gasteiger partial charge in [0.1, 0.15) is 11.3 Å². The van der Waals surface area contributed by atoms with Crippen LogP contribution in [0, 0.1) is 0 Å². The molecule has 0 aliphatic rings. The van der Waals surface area contributed by atoms with Gasteiger partial charge in [0.25, 0.3) is 5.22 Å². The molecule has 0 atom stereocenters. The Hall–Kier alpha value is -3.46. The van der Waals surface area contributed by atoms with Gasteiger partial charge in [0, 0.05) is 28.8 Å². The first-order valence-corrected chi connectivity index (χ1v) is 9.50. The summed E-state index contributed by atoms with van der Waals surface area (Å²) in [6.07, 6.45) is 0. The van der Waals surface area contributed by atoms with E-state index in [-0.39, 0.29) is 5.75 Å². The first kappa shape index (κ1) is 18.9. The van der Waals surface area contributed by atoms with Gasteiger partial charge >= 0.3 is 5.63 Å². The molecule has 29 heavy (non-hydrogen) atoms. The molecule has 2 aromatic heterocycles. The Bertz CT molecular complexity index is 1230. The summed E-state index contributed by atoms with van der Waals surface area (Å²) in [5.41, 5.74) is 1.27. The summed E-state index contributed by atoms with van der Waals surface area (Å²) in [6, 6.07) is 11.4. The van der Waals surface area contributed by atoms with Crippen LogP contribution in [0.1, 0.15) is 5.56 Å². The summed E-state index contributed by atoms with van der Waals surface area (Å²) in [5, 5.41) is 18.8. The molecule has 2 aromatic carbocycles. The Morgan fingerprint density at radius 3 is 2.62 bits per heavy atom. The number of aromatic nitrogens is 2. The topological polar surface area (TPSA) is 108 Å². The van der Waals surface area contributed by atoms with Crippen molar-refractivity contribution in [2.24, 2.45) is 0 Å². The summed E-state index contributed by atoms with van der Waals surface area (Å²) in [5.74, 6) is 1.95. The average Bonchev–Trinajstić information content (AvgIpc) is 3.20. The molecule has 9 heteroatoms. The largest absolute Gasteiger partial charge is 0.508 e. The van der Waals surface area contributed by atoms with Gasteiger partial charge in [0.15, 0.2) is 11.5 Å². The van der Waals surface area contributed by atoms with Gasteiger partial charge in [-0.1, -0.05) is 11.8 Å². The molecule has 8 nitrogen and oxygen atoms in total. The van der Waals surface area contributed by atoms with Gasteiger partial charge in [0.05, 0.1) is 14.2 Å². The molecular weight excluding hydrogens is 396 g/mol. The zero-order valence-corrected chi connectivity index (χ0v) is 16.4. The Morgan fingerprint density at radius 1 is 1.00 bits per heavy atom. The van der Waals surface area contributed by atoms with Crippen LogP contribution in [0.3, 0.4) is 0 Å². The number of hydrogen-bond acceptors (Lipinski definition) is 9. The van der Waals surface area contributed by atoms with E-state index in [1.54, 1.807) is 44.6 Å². The molecule has 1 N–H and O–H groups in total. The highest BCUT2D eigenvalue weighted by molar-refractivity contribution is 7.98. The SMILES string of the molecule is COc1ccc(-c2nnc(SCc3cc(=O)oc4cc(O)ccc34)o2)cc1OC. The molecule has 0 saturated heterocycles. The van der Waals surface area contributed by atoms with E-state index in [4.69, 9.17) is 18.3 Å². The maximum Gasteiger partial charge on any atom is 0.336 e. The van der Waals surface area contributed by atoms with E-state index in [9.17, 15) is 9.90 Å². The van der Waals surface area contributed by atoms with Gasteiger partial charge in [-0.15, -0.1) is 10.2 Å². The quantitative estimate of drug-likeness (QED) is 0.373. The molecule has 0 fully saturated rings. The number of aromatic hydroxyl groups is 1. The number of benzene rings is 2. The minimum atomic E-state index is -0.491. The second-order valence-electron chi connectivity index (χ2n) is 6.00. The fraction of sp³-hybridized carbons (Fsp3) is 0.150. The number of nitrogens with zero attached hydrogens (tertiary/aromatic N) is 2. The van der Waals surface area contributed by atoms with Crippen LogP contribution in [0.4, 0.5) is 0 Å². The number of fused-ring (bicyclic) bond motifs is 1. The third kappa shape index (κ3) is 3.90. The maximum absolute atomic E-state index is 11.8. The van der Waals surface area contributed by atoms with Crippen LogP contribution >= 0.6 is 11.8 Å². The normalized spacial score (nSPS) is 11.0. The predicted octanol–water partition coefficient (Wildman–Crippen LogP) is 3.86. The molecule has 0 aliphatic heterocycles. The zero-order valence-electron chi connectivity index (χ0n) is 15.5. The summed E-state index contributed by atoms with van der Waals surface area (Å²) in [7, 11) is 3.12. The van der Waals surface area contributed by atoms with E-state index in [0.717, 1.165) is 10.9 Å². The Morgan fingerprint density at radius 2 is 1.83 bits per heavy atom.